The molecule has 3 aromatic rings. The number of hydrogen-bond acceptors (Lipinski definition) is 5. The minimum Gasteiger partial charge on any atom is -0.494 e. The summed E-state index contributed by atoms with van der Waals surface area (Å²) in [7, 11) is 0. The molecule has 1 aromatic heterocycles. The van der Waals surface area contributed by atoms with Crippen LogP contribution < -0.4 is 20.1 Å². The zero-order valence-corrected chi connectivity index (χ0v) is 16.2. The number of ether oxygens (including phenoxy) is 2. The summed E-state index contributed by atoms with van der Waals surface area (Å²) >= 11 is 0. The SMILES string of the molecule is CCOc1ccc(-c2ccc(OCCNC(=O)Nc3ccc(F)c(F)c3)nn2)cc1. The molecular weight excluding hydrogens is 394 g/mol. The first kappa shape index (κ1) is 21.0. The van der Waals surface area contributed by atoms with Gasteiger partial charge in [0.25, 0.3) is 0 Å². The lowest BCUT2D eigenvalue weighted by atomic mass is 10.1. The Labute approximate surface area is 172 Å². The van der Waals surface area contributed by atoms with Crippen molar-refractivity contribution < 1.29 is 23.0 Å². The van der Waals surface area contributed by atoms with Crippen LogP contribution in [0.4, 0.5) is 19.3 Å². The summed E-state index contributed by atoms with van der Waals surface area (Å²) in [5, 5.41) is 13.1. The number of carbonyl (C=O) groups is 1. The molecule has 0 aliphatic heterocycles. The van der Waals surface area contributed by atoms with E-state index in [1.54, 1.807) is 12.1 Å². The lowest BCUT2D eigenvalue weighted by Gasteiger charge is -2.09. The Morgan fingerprint density at radius 2 is 1.77 bits per heavy atom. The second kappa shape index (κ2) is 10.1. The Kier molecular flexibility index (Phi) is 7.09. The van der Waals surface area contributed by atoms with Crippen LogP contribution in [0.1, 0.15) is 6.92 Å². The van der Waals surface area contributed by atoms with E-state index >= 15 is 0 Å². The molecule has 1 heterocycles. The maximum atomic E-state index is 13.1. The first-order valence-electron chi connectivity index (χ1n) is 9.25. The molecule has 2 aromatic carbocycles. The molecule has 3 rings (SSSR count). The lowest BCUT2D eigenvalue weighted by molar-refractivity contribution is 0.246. The number of carbonyl (C=O) groups excluding carboxylic acids is 1. The zero-order valence-electron chi connectivity index (χ0n) is 16.2. The highest BCUT2D eigenvalue weighted by molar-refractivity contribution is 5.89. The molecule has 0 bridgehead atoms. The van der Waals surface area contributed by atoms with Crippen molar-refractivity contribution in [1.82, 2.24) is 15.5 Å². The molecule has 9 heteroatoms. The Bertz CT molecular complexity index is 983. The summed E-state index contributed by atoms with van der Waals surface area (Å²) < 4.78 is 36.8. The third kappa shape index (κ3) is 5.87. The Morgan fingerprint density at radius 1 is 0.967 bits per heavy atom. The molecule has 156 valence electrons. The predicted molar refractivity (Wildman–Crippen MR) is 108 cm³/mol. The smallest absolute Gasteiger partial charge is 0.319 e. The zero-order chi connectivity index (χ0) is 21.3. The molecule has 0 atom stereocenters. The van der Waals surface area contributed by atoms with Crippen molar-refractivity contribution in [1.29, 1.82) is 0 Å². The third-order valence-electron chi connectivity index (χ3n) is 3.92. The van der Waals surface area contributed by atoms with E-state index in [2.05, 4.69) is 20.8 Å². The third-order valence-corrected chi connectivity index (χ3v) is 3.92. The van der Waals surface area contributed by atoms with E-state index in [9.17, 15) is 13.6 Å². The molecule has 2 amide bonds. The van der Waals surface area contributed by atoms with E-state index in [0.29, 0.717) is 18.2 Å². The van der Waals surface area contributed by atoms with E-state index in [1.807, 2.05) is 31.2 Å². The van der Waals surface area contributed by atoms with Crippen LogP contribution in [0.3, 0.4) is 0 Å². The Hall–Kier alpha value is -3.75. The number of anilines is 1. The highest BCUT2D eigenvalue weighted by Crippen LogP contribution is 2.21. The fraction of sp³-hybridized carbons (Fsp3) is 0.190. The summed E-state index contributed by atoms with van der Waals surface area (Å²) in [6.07, 6.45) is 0. The lowest BCUT2D eigenvalue weighted by Crippen LogP contribution is -2.32. The predicted octanol–water partition coefficient (Wildman–Crippen LogP) is 4.02. The first-order chi connectivity index (χ1) is 14.5. The van der Waals surface area contributed by atoms with Crippen LogP contribution in [0.5, 0.6) is 11.6 Å². The maximum absolute atomic E-state index is 13.1. The van der Waals surface area contributed by atoms with Crippen molar-refractivity contribution in [2.45, 2.75) is 6.92 Å². The average Bonchev–Trinajstić information content (AvgIpc) is 2.75. The second-order valence-electron chi connectivity index (χ2n) is 6.07. The van der Waals surface area contributed by atoms with E-state index in [-0.39, 0.29) is 18.8 Å². The highest BCUT2D eigenvalue weighted by atomic mass is 19.2. The minimum absolute atomic E-state index is 0.142. The van der Waals surface area contributed by atoms with Crippen LogP contribution in [0.15, 0.2) is 54.6 Å². The number of urea groups is 1. The van der Waals surface area contributed by atoms with Gasteiger partial charge in [-0.25, -0.2) is 13.6 Å². The number of benzene rings is 2. The minimum atomic E-state index is -1.04. The Morgan fingerprint density at radius 3 is 2.43 bits per heavy atom. The first-order valence-corrected chi connectivity index (χ1v) is 9.25. The number of nitrogens with one attached hydrogen (secondary N) is 2. The van der Waals surface area contributed by atoms with Crippen molar-refractivity contribution in [3.63, 3.8) is 0 Å². The number of nitrogens with zero attached hydrogens (tertiary/aromatic N) is 2. The van der Waals surface area contributed by atoms with E-state index in [1.165, 1.54) is 6.07 Å². The fourth-order valence-corrected chi connectivity index (χ4v) is 2.51. The topological polar surface area (TPSA) is 85.4 Å². The summed E-state index contributed by atoms with van der Waals surface area (Å²) in [4.78, 5) is 11.8. The standard InChI is InChI=1S/C21H20F2N4O3/c1-2-29-16-6-3-14(4-7-16)19-9-10-20(27-26-19)30-12-11-24-21(28)25-15-5-8-17(22)18(23)13-15/h3-10,13H,2,11-12H2,1H3,(H2,24,25,28). The number of aromatic nitrogens is 2. The van der Waals surface area contributed by atoms with Crippen LogP contribution in [-0.4, -0.2) is 36.0 Å². The van der Waals surface area contributed by atoms with E-state index in [0.717, 1.165) is 23.4 Å². The van der Waals surface area contributed by atoms with Crippen molar-refractivity contribution in [2.75, 3.05) is 25.1 Å². The Balaban J connectivity index is 1.42. The largest absolute Gasteiger partial charge is 0.494 e. The van der Waals surface area contributed by atoms with E-state index in [4.69, 9.17) is 9.47 Å². The molecule has 0 radical (unpaired) electrons. The van der Waals surface area contributed by atoms with Gasteiger partial charge in [-0.2, -0.15) is 0 Å². The van der Waals surface area contributed by atoms with Crippen LogP contribution in [-0.2, 0) is 0 Å². The molecule has 0 spiro atoms. The molecule has 0 saturated carbocycles. The monoisotopic (exact) mass is 414 g/mol. The van der Waals surface area contributed by atoms with Gasteiger partial charge >= 0.3 is 6.03 Å². The maximum Gasteiger partial charge on any atom is 0.319 e. The summed E-state index contributed by atoms with van der Waals surface area (Å²) in [5.74, 6) is -0.921. The molecule has 7 nitrogen and oxygen atoms in total. The second-order valence-corrected chi connectivity index (χ2v) is 6.07. The highest BCUT2D eigenvalue weighted by Gasteiger charge is 2.06. The average molecular weight is 414 g/mol. The van der Waals surface area contributed by atoms with Crippen molar-refractivity contribution >= 4 is 11.7 Å². The van der Waals surface area contributed by atoms with Gasteiger partial charge in [0, 0.05) is 23.4 Å². The molecule has 2 N–H and O–H groups in total. The fourth-order valence-electron chi connectivity index (χ4n) is 2.51. The van der Waals surface area contributed by atoms with Gasteiger partial charge in [0.05, 0.1) is 18.8 Å². The van der Waals surface area contributed by atoms with Gasteiger partial charge < -0.3 is 20.1 Å². The summed E-state index contributed by atoms with van der Waals surface area (Å²) in [6.45, 7) is 2.86. The van der Waals surface area contributed by atoms with Crippen LogP contribution in [0.25, 0.3) is 11.3 Å². The van der Waals surface area contributed by atoms with Gasteiger partial charge in [-0.05, 0) is 49.4 Å². The van der Waals surface area contributed by atoms with Crippen LogP contribution in [0, 0.1) is 11.6 Å². The molecular formula is C21H20F2N4O3. The summed E-state index contributed by atoms with van der Waals surface area (Å²) in [5.41, 5.74) is 1.73. The van der Waals surface area contributed by atoms with Gasteiger partial charge in [-0.15, -0.1) is 10.2 Å². The van der Waals surface area contributed by atoms with Crippen LogP contribution in [0.2, 0.25) is 0 Å². The number of hydrogen-bond donors (Lipinski definition) is 2. The van der Waals surface area contributed by atoms with Gasteiger partial charge in [-0.3, -0.25) is 0 Å². The van der Waals surface area contributed by atoms with E-state index < -0.39 is 17.7 Å². The number of rotatable bonds is 8. The van der Waals surface area contributed by atoms with Gasteiger partial charge in [0.15, 0.2) is 11.6 Å². The number of halogens is 2. The summed E-state index contributed by atoms with van der Waals surface area (Å²) in [6, 6.07) is 13.5. The van der Waals surface area contributed by atoms with Gasteiger partial charge in [0.1, 0.15) is 12.4 Å². The molecule has 0 aliphatic carbocycles. The van der Waals surface area contributed by atoms with Crippen LogP contribution >= 0.6 is 0 Å². The normalized spacial score (nSPS) is 10.4. The molecule has 0 unspecified atom stereocenters. The van der Waals surface area contributed by atoms with Crippen molar-refractivity contribution in [3.05, 3.63) is 66.2 Å². The number of amides is 2. The quantitative estimate of drug-likeness (QED) is 0.544. The molecule has 0 fully saturated rings. The molecule has 0 saturated heterocycles. The van der Waals surface area contributed by atoms with Gasteiger partial charge in [0.2, 0.25) is 5.88 Å². The molecule has 0 aliphatic rings. The van der Waals surface area contributed by atoms with Gasteiger partial charge in [-0.1, -0.05) is 0 Å². The van der Waals surface area contributed by atoms with Crippen molar-refractivity contribution in [3.8, 4) is 22.9 Å². The molecule has 30 heavy (non-hydrogen) atoms. The van der Waals surface area contributed by atoms with Crippen molar-refractivity contribution in [2.24, 2.45) is 0 Å².